The molecule has 0 spiro atoms. The summed E-state index contributed by atoms with van der Waals surface area (Å²) in [5.74, 6) is 5.43. The summed E-state index contributed by atoms with van der Waals surface area (Å²) in [6.07, 6.45) is 17.1. The minimum Gasteiger partial charge on any atom is -0.411 e. The molecule has 7 atom stereocenters. The van der Waals surface area contributed by atoms with Gasteiger partial charge in [0, 0.05) is 0 Å². The number of oxime groups is 1. The third-order valence-electron chi connectivity index (χ3n) is 10.3. The predicted octanol–water partition coefficient (Wildman–Crippen LogP) is 7.86. The average molecular weight is 400 g/mol. The van der Waals surface area contributed by atoms with Gasteiger partial charge in [0.2, 0.25) is 0 Å². The van der Waals surface area contributed by atoms with Crippen LogP contribution in [-0.2, 0) is 0 Å². The molecule has 29 heavy (non-hydrogen) atoms. The Hall–Kier alpha value is -0.790. The SMILES string of the molecule is CC(C)CCC[C@@H](C)C1CC[C@H]2[C@@H]3CCC4=C/C(=N/O)CC[C@]4(C)[C@H]3CC[C@]12C. The van der Waals surface area contributed by atoms with Crippen LogP contribution >= 0.6 is 0 Å². The minimum absolute atomic E-state index is 0.361. The van der Waals surface area contributed by atoms with Gasteiger partial charge in [-0.25, -0.2) is 0 Å². The van der Waals surface area contributed by atoms with Crippen LogP contribution in [0.5, 0.6) is 0 Å². The lowest BCUT2D eigenvalue weighted by molar-refractivity contribution is -0.0574. The first-order chi connectivity index (χ1) is 13.8. The fourth-order valence-electron chi connectivity index (χ4n) is 8.67. The van der Waals surface area contributed by atoms with E-state index in [9.17, 15) is 5.21 Å². The lowest BCUT2D eigenvalue weighted by Crippen LogP contribution is -2.51. The number of fused-ring (bicyclic) bond motifs is 5. The van der Waals surface area contributed by atoms with Crippen molar-refractivity contribution in [3.05, 3.63) is 11.6 Å². The Bertz CT molecular complexity index is 663. The molecule has 0 radical (unpaired) electrons. The molecule has 4 aliphatic rings. The standard InChI is InChI=1S/C27H45NO/c1-18(2)7-6-8-19(3)23-11-12-24-22-10-9-20-17-21(28-29)13-15-26(20,4)25(22)14-16-27(23,24)5/h17-19,22-25,29H,6-16H2,1-5H3/b28-21+/t19-,22+,23?,24+,25+,26+,27-/m1/s1. The van der Waals surface area contributed by atoms with E-state index in [0.29, 0.717) is 10.8 Å². The lowest BCUT2D eigenvalue weighted by Gasteiger charge is -2.58. The smallest absolute Gasteiger partial charge is 0.0795 e. The maximum atomic E-state index is 9.27. The molecule has 2 nitrogen and oxygen atoms in total. The molecule has 4 rings (SSSR count). The summed E-state index contributed by atoms with van der Waals surface area (Å²) in [5.41, 5.74) is 3.45. The Labute approximate surface area is 179 Å². The first kappa shape index (κ1) is 21.4. The zero-order valence-corrected chi connectivity index (χ0v) is 19.7. The molecule has 1 N–H and O–H groups in total. The second-order valence-corrected chi connectivity index (χ2v) is 12.1. The van der Waals surface area contributed by atoms with Gasteiger partial charge >= 0.3 is 0 Å². The van der Waals surface area contributed by atoms with Gasteiger partial charge in [-0.2, -0.15) is 0 Å². The molecule has 2 heteroatoms. The molecular weight excluding hydrogens is 354 g/mol. The lowest BCUT2D eigenvalue weighted by atomic mass is 9.46. The maximum absolute atomic E-state index is 9.27. The highest BCUT2D eigenvalue weighted by Gasteiger charge is 2.59. The molecular formula is C27H45NO. The topological polar surface area (TPSA) is 32.6 Å². The van der Waals surface area contributed by atoms with Gasteiger partial charge in [-0.15, -0.1) is 0 Å². The zero-order valence-electron chi connectivity index (χ0n) is 19.7. The molecule has 0 aromatic heterocycles. The first-order valence-electron chi connectivity index (χ1n) is 12.7. The molecule has 3 saturated carbocycles. The summed E-state index contributed by atoms with van der Waals surface area (Å²) in [6.45, 7) is 12.5. The van der Waals surface area contributed by atoms with Gasteiger partial charge in [-0.05, 0) is 104 Å². The second kappa shape index (κ2) is 8.04. The molecule has 3 fully saturated rings. The van der Waals surface area contributed by atoms with Crippen LogP contribution in [0.4, 0.5) is 0 Å². The number of hydrogen-bond donors (Lipinski definition) is 1. The Kier molecular flexibility index (Phi) is 5.95. The minimum atomic E-state index is 0.361. The Morgan fingerprint density at radius 3 is 2.52 bits per heavy atom. The third-order valence-corrected chi connectivity index (χ3v) is 10.3. The number of nitrogens with zero attached hydrogens (tertiary/aromatic N) is 1. The third kappa shape index (κ3) is 3.61. The fraction of sp³-hybridized carbons (Fsp3) is 0.889. The fourth-order valence-corrected chi connectivity index (χ4v) is 8.67. The maximum Gasteiger partial charge on any atom is 0.0795 e. The highest BCUT2D eigenvalue weighted by atomic mass is 16.4. The van der Waals surface area contributed by atoms with Crippen molar-refractivity contribution in [1.29, 1.82) is 0 Å². The molecule has 164 valence electrons. The Balaban J connectivity index is 1.49. The van der Waals surface area contributed by atoms with Crippen LogP contribution in [-0.4, -0.2) is 10.9 Å². The average Bonchev–Trinajstić information content (AvgIpc) is 3.04. The van der Waals surface area contributed by atoms with Crippen LogP contribution in [0.1, 0.15) is 105 Å². The Morgan fingerprint density at radius 2 is 1.79 bits per heavy atom. The summed E-state index contributed by atoms with van der Waals surface area (Å²) in [6, 6.07) is 0. The number of hydrogen-bond acceptors (Lipinski definition) is 2. The number of allylic oxidation sites excluding steroid dienone is 2. The first-order valence-corrected chi connectivity index (χ1v) is 12.7. The van der Waals surface area contributed by atoms with Crippen molar-refractivity contribution in [2.45, 2.75) is 105 Å². The Morgan fingerprint density at radius 1 is 1.00 bits per heavy atom. The van der Waals surface area contributed by atoms with Crippen LogP contribution in [0, 0.1) is 46.3 Å². The molecule has 0 aromatic rings. The van der Waals surface area contributed by atoms with Crippen molar-refractivity contribution in [2.75, 3.05) is 0 Å². The molecule has 0 heterocycles. The second-order valence-electron chi connectivity index (χ2n) is 12.1. The molecule has 0 saturated heterocycles. The highest BCUT2D eigenvalue weighted by molar-refractivity contribution is 5.96. The van der Waals surface area contributed by atoms with Gasteiger partial charge in [0.15, 0.2) is 0 Å². The van der Waals surface area contributed by atoms with E-state index in [1.807, 2.05) is 0 Å². The summed E-state index contributed by atoms with van der Waals surface area (Å²) in [4.78, 5) is 0. The van der Waals surface area contributed by atoms with Crippen molar-refractivity contribution in [3.8, 4) is 0 Å². The normalized spacial score (nSPS) is 44.2. The van der Waals surface area contributed by atoms with E-state index in [0.717, 1.165) is 47.6 Å². The van der Waals surface area contributed by atoms with Gasteiger partial charge in [0.25, 0.3) is 0 Å². The van der Waals surface area contributed by atoms with Crippen LogP contribution in [0.15, 0.2) is 16.8 Å². The van der Waals surface area contributed by atoms with E-state index >= 15 is 0 Å². The van der Waals surface area contributed by atoms with E-state index < -0.39 is 0 Å². The van der Waals surface area contributed by atoms with Crippen LogP contribution < -0.4 is 0 Å². The molecule has 4 aliphatic carbocycles. The predicted molar refractivity (Wildman–Crippen MR) is 122 cm³/mol. The van der Waals surface area contributed by atoms with Crippen molar-refractivity contribution in [1.82, 2.24) is 0 Å². The van der Waals surface area contributed by atoms with E-state index in [1.165, 1.54) is 64.2 Å². The van der Waals surface area contributed by atoms with Gasteiger partial charge in [-0.3, -0.25) is 0 Å². The van der Waals surface area contributed by atoms with Crippen LogP contribution in [0.3, 0.4) is 0 Å². The van der Waals surface area contributed by atoms with E-state index in [4.69, 9.17) is 0 Å². The van der Waals surface area contributed by atoms with Crippen molar-refractivity contribution < 1.29 is 5.21 Å². The van der Waals surface area contributed by atoms with Crippen LogP contribution in [0.25, 0.3) is 0 Å². The largest absolute Gasteiger partial charge is 0.411 e. The van der Waals surface area contributed by atoms with E-state index in [2.05, 4.69) is 45.9 Å². The molecule has 0 amide bonds. The summed E-state index contributed by atoms with van der Waals surface area (Å²) < 4.78 is 0. The van der Waals surface area contributed by atoms with Crippen molar-refractivity contribution in [2.24, 2.45) is 51.5 Å². The van der Waals surface area contributed by atoms with Crippen molar-refractivity contribution in [3.63, 3.8) is 0 Å². The van der Waals surface area contributed by atoms with Crippen LogP contribution in [0.2, 0.25) is 0 Å². The van der Waals surface area contributed by atoms with Crippen molar-refractivity contribution >= 4 is 5.71 Å². The van der Waals surface area contributed by atoms with E-state index in [1.54, 1.807) is 5.57 Å². The monoisotopic (exact) mass is 399 g/mol. The summed E-state index contributed by atoms with van der Waals surface area (Å²) >= 11 is 0. The molecule has 0 aromatic carbocycles. The van der Waals surface area contributed by atoms with Gasteiger partial charge < -0.3 is 5.21 Å². The zero-order chi connectivity index (χ0) is 20.8. The van der Waals surface area contributed by atoms with Gasteiger partial charge in [0.1, 0.15) is 0 Å². The summed E-state index contributed by atoms with van der Waals surface area (Å²) in [5, 5.41) is 12.8. The van der Waals surface area contributed by atoms with E-state index in [-0.39, 0.29) is 0 Å². The van der Waals surface area contributed by atoms with Gasteiger partial charge in [-0.1, -0.05) is 64.6 Å². The summed E-state index contributed by atoms with van der Waals surface area (Å²) in [7, 11) is 0. The number of rotatable bonds is 5. The highest BCUT2D eigenvalue weighted by Crippen LogP contribution is 2.67. The van der Waals surface area contributed by atoms with Gasteiger partial charge in [0.05, 0.1) is 5.71 Å². The molecule has 0 bridgehead atoms. The molecule has 1 unspecified atom stereocenters. The molecule has 0 aliphatic heterocycles. The quantitative estimate of drug-likeness (QED) is 0.370.